The highest BCUT2D eigenvalue weighted by atomic mass is 32.1. The summed E-state index contributed by atoms with van der Waals surface area (Å²) in [5.41, 5.74) is 8.64. The second-order valence-electron chi connectivity index (χ2n) is 7.34. The van der Waals surface area contributed by atoms with Crippen LogP contribution in [0.25, 0.3) is 10.4 Å². The first-order valence-corrected chi connectivity index (χ1v) is 10.5. The van der Waals surface area contributed by atoms with Crippen LogP contribution in [0, 0.1) is 6.92 Å². The SMILES string of the molecule is Cc1ccc(C(=O)NC2CC2)cc1NC(=O)c1ccc(-c2ccc(C(N)=O)cc2)s1. The molecule has 7 heteroatoms. The third kappa shape index (κ3) is 4.41. The summed E-state index contributed by atoms with van der Waals surface area (Å²) >= 11 is 1.35. The molecule has 4 N–H and O–H groups in total. The van der Waals surface area contributed by atoms with Crippen molar-refractivity contribution in [3.8, 4) is 10.4 Å². The molecule has 152 valence electrons. The van der Waals surface area contributed by atoms with Crippen LogP contribution >= 0.6 is 11.3 Å². The molecule has 0 unspecified atom stereocenters. The van der Waals surface area contributed by atoms with Gasteiger partial charge in [-0.05, 0) is 67.3 Å². The summed E-state index contributed by atoms with van der Waals surface area (Å²) in [5, 5.41) is 5.87. The van der Waals surface area contributed by atoms with Crippen molar-refractivity contribution in [1.29, 1.82) is 0 Å². The van der Waals surface area contributed by atoms with Crippen LogP contribution < -0.4 is 16.4 Å². The molecule has 0 saturated heterocycles. The van der Waals surface area contributed by atoms with Crippen molar-refractivity contribution < 1.29 is 14.4 Å². The Kier molecular flexibility index (Phi) is 5.37. The monoisotopic (exact) mass is 419 g/mol. The van der Waals surface area contributed by atoms with Gasteiger partial charge >= 0.3 is 0 Å². The van der Waals surface area contributed by atoms with Gasteiger partial charge in [0.2, 0.25) is 5.91 Å². The number of aryl methyl sites for hydroxylation is 1. The van der Waals surface area contributed by atoms with Crippen molar-refractivity contribution in [2.45, 2.75) is 25.8 Å². The fourth-order valence-electron chi connectivity index (χ4n) is 2.99. The number of amides is 3. The van der Waals surface area contributed by atoms with Crippen LogP contribution in [0.4, 0.5) is 5.69 Å². The van der Waals surface area contributed by atoms with Gasteiger partial charge in [-0.1, -0.05) is 18.2 Å². The third-order valence-electron chi connectivity index (χ3n) is 4.94. The van der Waals surface area contributed by atoms with Crippen LogP contribution in [0.2, 0.25) is 0 Å². The number of nitrogens with two attached hydrogens (primary N) is 1. The average Bonchev–Trinajstić information content (AvgIpc) is 3.40. The van der Waals surface area contributed by atoms with E-state index < -0.39 is 5.91 Å². The maximum absolute atomic E-state index is 12.8. The van der Waals surface area contributed by atoms with Gasteiger partial charge in [-0.3, -0.25) is 14.4 Å². The van der Waals surface area contributed by atoms with Crippen LogP contribution in [-0.2, 0) is 0 Å². The fraction of sp³-hybridized carbons (Fsp3) is 0.174. The van der Waals surface area contributed by atoms with E-state index in [4.69, 9.17) is 5.73 Å². The molecule has 1 aromatic heterocycles. The van der Waals surface area contributed by atoms with Gasteiger partial charge in [0.1, 0.15) is 0 Å². The summed E-state index contributed by atoms with van der Waals surface area (Å²) in [6.45, 7) is 1.89. The molecule has 30 heavy (non-hydrogen) atoms. The number of rotatable bonds is 6. The third-order valence-corrected chi connectivity index (χ3v) is 6.08. The average molecular weight is 420 g/mol. The molecular formula is C23H21N3O3S. The molecule has 0 radical (unpaired) electrons. The van der Waals surface area contributed by atoms with Gasteiger partial charge in [0, 0.05) is 27.7 Å². The van der Waals surface area contributed by atoms with E-state index in [-0.39, 0.29) is 17.9 Å². The van der Waals surface area contributed by atoms with E-state index in [1.807, 2.05) is 19.1 Å². The molecule has 1 saturated carbocycles. The van der Waals surface area contributed by atoms with Crippen molar-refractivity contribution in [3.63, 3.8) is 0 Å². The van der Waals surface area contributed by atoms with E-state index in [1.54, 1.807) is 42.5 Å². The number of hydrogen-bond donors (Lipinski definition) is 3. The first kappa shape index (κ1) is 19.8. The lowest BCUT2D eigenvalue weighted by molar-refractivity contribution is 0.0948. The molecule has 4 rings (SSSR count). The van der Waals surface area contributed by atoms with Crippen molar-refractivity contribution in [3.05, 3.63) is 76.2 Å². The number of anilines is 1. The predicted molar refractivity (Wildman–Crippen MR) is 118 cm³/mol. The Morgan fingerprint density at radius 1 is 0.933 bits per heavy atom. The van der Waals surface area contributed by atoms with Crippen LogP contribution in [0.15, 0.2) is 54.6 Å². The minimum absolute atomic E-state index is 0.120. The summed E-state index contributed by atoms with van der Waals surface area (Å²) in [5.74, 6) is -0.829. The van der Waals surface area contributed by atoms with Gasteiger partial charge in [0.25, 0.3) is 11.8 Å². The maximum Gasteiger partial charge on any atom is 0.265 e. The molecule has 1 fully saturated rings. The Hall–Kier alpha value is -3.45. The number of hydrogen-bond acceptors (Lipinski definition) is 4. The number of carbonyl (C=O) groups excluding carboxylic acids is 3. The maximum atomic E-state index is 12.8. The molecule has 0 aliphatic heterocycles. The van der Waals surface area contributed by atoms with E-state index in [0.29, 0.717) is 21.7 Å². The molecule has 0 spiro atoms. The number of benzene rings is 2. The van der Waals surface area contributed by atoms with E-state index in [9.17, 15) is 14.4 Å². The van der Waals surface area contributed by atoms with Crippen molar-refractivity contribution >= 4 is 34.7 Å². The van der Waals surface area contributed by atoms with Crippen molar-refractivity contribution in [2.24, 2.45) is 5.73 Å². The highest BCUT2D eigenvalue weighted by Crippen LogP contribution is 2.29. The predicted octanol–water partition coefficient (Wildman–Crippen LogP) is 3.97. The van der Waals surface area contributed by atoms with Crippen LogP contribution in [0.3, 0.4) is 0 Å². The second kappa shape index (κ2) is 8.12. The zero-order chi connectivity index (χ0) is 21.3. The quantitative estimate of drug-likeness (QED) is 0.563. The highest BCUT2D eigenvalue weighted by Gasteiger charge is 2.24. The van der Waals surface area contributed by atoms with Crippen molar-refractivity contribution in [2.75, 3.05) is 5.32 Å². The molecule has 1 heterocycles. The van der Waals surface area contributed by atoms with Crippen LogP contribution in [0.1, 0.15) is 48.8 Å². The first-order valence-electron chi connectivity index (χ1n) is 9.63. The van der Waals surface area contributed by atoms with Gasteiger partial charge < -0.3 is 16.4 Å². The minimum atomic E-state index is -0.476. The molecule has 3 amide bonds. The van der Waals surface area contributed by atoms with Gasteiger partial charge in [0.15, 0.2) is 0 Å². The molecule has 0 atom stereocenters. The Morgan fingerprint density at radius 2 is 1.63 bits per heavy atom. The molecule has 2 aromatic carbocycles. The standard InChI is InChI=1S/C23H21N3O3S/c1-13-2-3-16(22(28)25-17-8-9-17)12-18(13)26-23(29)20-11-10-19(30-20)14-4-6-15(7-5-14)21(24)27/h2-7,10-12,17H,8-9H2,1H3,(H2,24,27)(H,25,28)(H,26,29). The summed E-state index contributed by atoms with van der Waals surface area (Å²) in [7, 11) is 0. The first-order chi connectivity index (χ1) is 14.4. The Morgan fingerprint density at radius 3 is 2.30 bits per heavy atom. The van der Waals surface area contributed by atoms with E-state index in [2.05, 4.69) is 10.6 Å². The zero-order valence-electron chi connectivity index (χ0n) is 16.4. The van der Waals surface area contributed by atoms with Gasteiger partial charge in [-0.2, -0.15) is 0 Å². The summed E-state index contributed by atoms with van der Waals surface area (Å²) in [4.78, 5) is 37.7. The molecule has 1 aliphatic carbocycles. The highest BCUT2D eigenvalue weighted by molar-refractivity contribution is 7.17. The van der Waals surface area contributed by atoms with Gasteiger partial charge in [0.05, 0.1) is 4.88 Å². The molecular weight excluding hydrogens is 398 g/mol. The van der Waals surface area contributed by atoms with Gasteiger partial charge in [-0.25, -0.2) is 0 Å². The normalized spacial score (nSPS) is 13.0. The fourth-order valence-corrected chi connectivity index (χ4v) is 3.90. The van der Waals surface area contributed by atoms with Crippen LogP contribution in [0.5, 0.6) is 0 Å². The van der Waals surface area contributed by atoms with Crippen molar-refractivity contribution in [1.82, 2.24) is 5.32 Å². The van der Waals surface area contributed by atoms with E-state index in [0.717, 1.165) is 28.8 Å². The Bertz CT molecular complexity index is 1130. The van der Waals surface area contributed by atoms with Crippen LogP contribution in [-0.4, -0.2) is 23.8 Å². The summed E-state index contributed by atoms with van der Waals surface area (Å²) < 4.78 is 0. The number of carbonyl (C=O) groups is 3. The Balaban J connectivity index is 1.49. The largest absolute Gasteiger partial charge is 0.366 e. The molecule has 0 bridgehead atoms. The molecule has 1 aliphatic rings. The summed E-state index contributed by atoms with van der Waals surface area (Å²) in [6.07, 6.45) is 2.04. The lowest BCUT2D eigenvalue weighted by Gasteiger charge is -2.10. The summed E-state index contributed by atoms with van der Waals surface area (Å²) in [6, 6.07) is 16.2. The topological polar surface area (TPSA) is 101 Å². The lowest BCUT2D eigenvalue weighted by Crippen LogP contribution is -2.25. The second-order valence-corrected chi connectivity index (χ2v) is 8.42. The number of primary amides is 1. The molecule has 3 aromatic rings. The number of thiophene rings is 1. The lowest BCUT2D eigenvalue weighted by atomic mass is 10.1. The Labute approximate surface area is 178 Å². The number of nitrogens with one attached hydrogen (secondary N) is 2. The minimum Gasteiger partial charge on any atom is -0.366 e. The molecule has 6 nitrogen and oxygen atoms in total. The zero-order valence-corrected chi connectivity index (χ0v) is 17.2. The van der Waals surface area contributed by atoms with Gasteiger partial charge in [-0.15, -0.1) is 11.3 Å². The van der Waals surface area contributed by atoms with E-state index in [1.165, 1.54) is 11.3 Å². The smallest absolute Gasteiger partial charge is 0.265 e. The van der Waals surface area contributed by atoms with E-state index >= 15 is 0 Å².